The van der Waals surface area contributed by atoms with Crippen LogP contribution in [0, 0.1) is 0 Å². The molecule has 0 amide bonds. The van der Waals surface area contributed by atoms with Crippen molar-refractivity contribution in [3.8, 4) is 0 Å². The maximum atomic E-state index is 8.87. The summed E-state index contributed by atoms with van der Waals surface area (Å²) < 4.78 is 4.96. The van der Waals surface area contributed by atoms with E-state index in [0.717, 1.165) is 31.7 Å². The molecule has 0 aliphatic heterocycles. The summed E-state index contributed by atoms with van der Waals surface area (Å²) in [6.45, 7) is 6.75. The van der Waals surface area contributed by atoms with Crippen molar-refractivity contribution < 1.29 is 9.84 Å². The highest BCUT2D eigenvalue weighted by Crippen LogP contribution is 2.03. The second-order valence-electron chi connectivity index (χ2n) is 3.50. The smallest absolute Gasteiger partial charge is 0.0681 e. The summed E-state index contributed by atoms with van der Waals surface area (Å²) >= 11 is 3.53. The van der Waals surface area contributed by atoms with Gasteiger partial charge in [-0.3, -0.25) is 0 Å². The molecule has 0 saturated carbocycles. The van der Waals surface area contributed by atoms with Crippen molar-refractivity contribution in [1.29, 1.82) is 0 Å². The molecular weight excluding hydrogens is 258 g/mol. The SMILES string of the molecule is CC.COCCCNCc1ccc(CO)cc1.CS. The molecule has 4 heteroatoms. The Balaban J connectivity index is 0. The Morgan fingerprint density at radius 3 is 2.11 bits per heavy atom. The van der Waals surface area contributed by atoms with Crippen LogP contribution in [0.5, 0.6) is 0 Å². The predicted octanol–water partition coefficient (Wildman–Crippen LogP) is 2.88. The van der Waals surface area contributed by atoms with Crippen molar-refractivity contribution in [2.24, 2.45) is 0 Å². The molecule has 0 unspecified atom stereocenters. The first-order valence-electron chi connectivity index (χ1n) is 6.70. The standard InChI is InChI=1S/C12H19NO2.C2H6.CH4S/c1-15-8-2-7-13-9-11-3-5-12(10-14)6-4-11;2*1-2/h3-6,13-14H,2,7-10H2,1H3;1-2H3;2H,1H3. The van der Waals surface area contributed by atoms with E-state index >= 15 is 0 Å². The van der Waals surface area contributed by atoms with Crippen molar-refractivity contribution in [3.63, 3.8) is 0 Å². The van der Waals surface area contributed by atoms with Crippen LogP contribution in [0.4, 0.5) is 0 Å². The molecule has 0 atom stereocenters. The highest BCUT2D eigenvalue weighted by molar-refractivity contribution is 7.79. The average molecular weight is 287 g/mol. The fourth-order valence-corrected chi connectivity index (χ4v) is 1.34. The third-order valence-corrected chi connectivity index (χ3v) is 2.24. The van der Waals surface area contributed by atoms with Gasteiger partial charge in [0.25, 0.3) is 0 Å². The Bertz CT molecular complexity index is 265. The van der Waals surface area contributed by atoms with E-state index in [1.807, 2.05) is 38.1 Å². The lowest BCUT2D eigenvalue weighted by Gasteiger charge is -2.05. The molecule has 3 nitrogen and oxygen atoms in total. The second kappa shape index (κ2) is 17.4. The van der Waals surface area contributed by atoms with Crippen molar-refractivity contribution >= 4 is 12.6 Å². The Morgan fingerprint density at radius 2 is 1.63 bits per heavy atom. The van der Waals surface area contributed by atoms with Gasteiger partial charge in [0.1, 0.15) is 0 Å². The van der Waals surface area contributed by atoms with Crippen LogP contribution in [-0.4, -0.2) is 31.6 Å². The summed E-state index contributed by atoms with van der Waals surface area (Å²) in [5, 5.41) is 12.2. The largest absolute Gasteiger partial charge is 0.392 e. The van der Waals surface area contributed by atoms with Gasteiger partial charge in [-0.15, -0.1) is 0 Å². The molecule has 0 spiro atoms. The number of rotatable bonds is 7. The van der Waals surface area contributed by atoms with E-state index in [0.29, 0.717) is 0 Å². The minimum atomic E-state index is 0.113. The van der Waals surface area contributed by atoms with E-state index < -0.39 is 0 Å². The van der Waals surface area contributed by atoms with E-state index in [2.05, 4.69) is 17.9 Å². The number of benzene rings is 1. The van der Waals surface area contributed by atoms with Gasteiger partial charge in [-0.1, -0.05) is 38.1 Å². The van der Waals surface area contributed by atoms with Crippen LogP contribution in [-0.2, 0) is 17.9 Å². The molecule has 1 aromatic carbocycles. The lowest BCUT2D eigenvalue weighted by molar-refractivity contribution is 0.194. The van der Waals surface area contributed by atoms with E-state index in [9.17, 15) is 0 Å². The van der Waals surface area contributed by atoms with Crippen molar-refractivity contribution in [2.45, 2.75) is 33.4 Å². The van der Waals surface area contributed by atoms with Crippen LogP contribution in [0.15, 0.2) is 24.3 Å². The molecular formula is C15H29NO2S. The zero-order valence-electron chi connectivity index (χ0n) is 12.6. The zero-order valence-corrected chi connectivity index (χ0v) is 13.5. The van der Waals surface area contributed by atoms with Crippen LogP contribution >= 0.6 is 12.6 Å². The number of ether oxygens (including phenoxy) is 1. The van der Waals surface area contributed by atoms with E-state index in [-0.39, 0.29) is 6.61 Å². The summed E-state index contributed by atoms with van der Waals surface area (Å²) in [6.07, 6.45) is 2.73. The first-order chi connectivity index (χ1) is 9.36. The fraction of sp³-hybridized carbons (Fsp3) is 0.600. The van der Waals surface area contributed by atoms with Crippen LogP contribution in [0.1, 0.15) is 31.4 Å². The molecule has 19 heavy (non-hydrogen) atoms. The molecule has 0 bridgehead atoms. The van der Waals surface area contributed by atoms with Gasteiger partial charge in [0.15, 0.2) is 0 Å². The third kappa shape index (κ3) is 12.2. The number of hydrogen-bond donors (Lipinski definition) is 3. The summed E-state index contributed by atoms with van der Waals surface area (Å²) in [5.41, 5.74) is 2.20. The van der Waals surface area contributed by atoms with Crippen molar-refractivity contribution in [1.82, 2.24) is 5.32 Å². The van der Waals surface area contributed by atoms with Gasteiger partial charge < -0.3 is 15.2 Å². The minimum absolute atomic E-state index is 0.113. The van der Waals surface area contributed by atoms with Gasteiger partial charge in [-0.05, 0) is 30.3 Å². The molecule has 0 heterocycles. The van der Waals surface area contributed by atoms with Gasteiger partial charge >= 0.3 is 0 Å². The molecule has 2 N–H and O–H groups in total. The highest BCUT2D eigenvalue weighted by atomic mass is 32.1. The molecule has 0 saturated heterocycles. The molecule has 0 fully saturated rings. The third-order valence-electron chi connectivity index (χ3n) is 2.24. The first-order valence-corrected chi connectivity index (χ1v) is 7.59. The Kier molecular flexibility index (Phi) is 19.1. The number of hydrogen-bond acceptors (Lipinski definition) is 4. The Morgan fingerprint density at radius 1 is 1.11 bits per heavy atom. The van der Waals surface area contributed by atoms with E-state index in [1.54, 1.807) is 13.4 Å². The number of nitrogens with one attached hydrogen (secondary N) is 1. The number of aliphatic hydroxyl groups excluding tert-OH is 1. The second-order valence-corrected chi connectivity index (χ2v) is 3.50. The minimum Gasteiger partial charge on any atom is -0.392 e. The normalized spacial score (nSPS) is 8.95. The first kappa shape index (κ1) is 20.8. The van der Waals surface area contributed by atoms with Gasteiger partial charge in [-0.25, -0.2) is 0 Å². The van der Waals surface area contributed by atoms with Crippen LogP contribution < -0.4 is 5.32 Å². The molecule has 0 radical (unpaired) electrons. The predicted molar refractivity (Wildman–Crippen MR) is 86.8 cm³/mol. The fourth-order valence-electron chi connectivity index (χ4n) is 1.34. The van der Waals surface area contributed by atoms with Crippen LogP contribution in [0.25, 0.3) is 0 Å². The summed E-state index contributed by atoms with van der Waals surface area (Å²) in [5.74, 6) is 0. The maximum Gasteiger partial charge on any atom is 0.0681 e. The van der Waals surface area contributed by atoms with E-state index in [1.165, 1.54) is 5.56 Å². The van der Waals surface area contributed by atoms with Crippen LogP contribution in [0.2, 0.25) is 0 Å². The summed E-state index contributed by atoms with van der Waals surface area (Å²) in [7, 11) is 1.72. The molecule has 0 aromatic heterocycles. The molecule has 0 aliphatic carbocycles. The van der Waals surface area contributed by atoms with Crippen molar-refractivity contribution in [3.05, 3.63) is 35.4 Å². The topological polar surface area (TPSA) is 41.5 Å². The summed E-state index contributed by atoms with van der Waals surface area (Å²) in [4.78, 5) is 0. The molecule has 112 valence electrons. The Labute approximate surface area is 123 Å². The molecule has 1 rings (SSSR count). The highest BCUT2D eigenvalue weighted by Gasteiger charge is 1.93. The quantitative estimate of drug-likeness (QED) is 0.533. The molecule has 1 aromatic rings. The summed E-state index contributed by atoms with van der Waals surface area (Å²) in [6, 6.07) is 7.97. The van der Waals surface area contributed by atoms with Gasteiger partial charge in [0, 0.05) is 20.3 Å². The zero-order chi connectivity index (χ0) is 14.9. The lowest BCUT2D eigenvalue weighted by atomic mass is 10.1. The number of aliphatic hydroxyl groups is 1. The Hall–Kier alpha value is -0.550. The molecule has 0 aliphatic rings. The average Bonchev–Trinajstić information content (AvgIpc) is 2.52. The number of thiol groups is 1. The van der Waals surface area contributed by atoms with Gasteiger partial charge in [0.05, 0.1) is 6.61 Å². The van der Waals surface area contributed by atoms with Crippen LogP contribution in [0.3, 0.4) is 0 Å². The number of methoxy groups -OCH3 is 1. The van der Waals surface area contributed by atoms with Gasteiger partial charge in [0.2, 0.25) is 0 Å². The maximum absolute atomic E-state index is 8.87. The monoisotopic (exact) mass is 287 g/mol. The van der Waals surface area contributed by atoms with Gasteiger partial charge in [-0.2, -0.15) is 12.6 Å². The van der Waals surface area contributed by atoms with Crippen molar-refractivity contribution in [2.75, 3.05) is 26.5 Å². The lowest BCUT2D eigenvalue weighted by Crippen LogP contribution is -2.16. The van der Waals surface area contributed by atoms with E-state index in [4.69, 9.17) is 9.84 Å².